The normalized spacial score (nSPS) is 11.6. The Bertz CT molecular complexity index is 2500. The summed E-state index contributed by atoms with van der Waals surface area (Å²) >= 11 is 0. The minimum Gasteiger partial charge on any atom is -0.456 e. The number of hydrogen-bond donors (Lipinski definition) is 0. The second-order valence-electron chi connectivity index (χ2n) is 10.8. The van der Waals surface area contributed by atoms with Gasteiger partial charge >= 0.3 is 0 Å². The quantitative estimate of drug-likeness (QED) is 0.212. The minimum atomic E-state index is 0.553. The molecule has 0 N–H and O–H groups in total. The average molecular weight is 566 g/mol. The summed E-state index contributed by atoms with van der Waals surface area (Å²) in [6.45, 7) is 0. The van der Waals surface area contributed by atoms with Gasteiger partial charge in [-0.3, -0.25) is 0 Å². The Morgan fingerprint density at radius 2 is 0.909 bits per heavy atom. The Kier molecular flexibility index (Phi) is 5.43. The second-order valence-corrected chi connectivity index (χ2v) is 10.8. The van der Waals surface area contributed by atoms with Gasteiger partial charge in [-0.05, 0) is 35.9 Å². The van der Waals surface area contributed by atoms with Crippen LogP contribution in [-0.4, -0.2) is 15.0 Å². The van der Waals surface area contributed by atoms with E-state index in [0.717, 1.165) is 71.7 Å². The lowest BCUT2D eigenvalue weighted by atomic mass is 10.0. The molecule has 0 saturated carbocycles. The average Bonchev–Trinajstić information content (AvgIpc) is 3.67. The van der Waals surface area contributed by atoms with Crippen molar-refractivity contribution in [1.82, 2.24) is 15.0 Å². The van der Waals surface area contributed by atoms with Crippen molar-refractivity contribution in [2.45, 2.75) is 0 Å². The van der Waals surface area contributed by atoms with Crippen molar-refractivity contribution in [2.24, 2.45) is 0 Å². The molecule has 5 nitrogen and oxygen atoms in total. The van der Waals surface area contributed by atoms with Crippen molar-refractivity contribution >= 4 is 43.9 Å². The zero-order valence-corrected chi connectivity index (χ0v) is 23.4. The smallest absolute Gasteiger partial charge is 0.167 e. The summed E-state index contributed by atoms with van der Waals surface area (Å²) in [4.78, 5) is 15.0. The zero-order chi connectivity index (χ0) is 29.0. The summed E-state index contributed by atoms with van der Waals surface area (Å²) in [7, 11) is 0. The number of benzene rings is 6. The standard InChI is InChI=1S/C39H23N3O2/c1-3-11-24(12-4-1)27-16-9-17-29-30-18-10-19-31(36(30)44-35(27)29)39-41-37(25-13-5-2-6-14-25)40-38(42-39)26-21-22-34-32(23-26)28-15-7-8-20-33(28)43-34/h1-23H. The first-order chi connectivity index (χ1) is 21.8. The Balaban J connectivity index is 1.28. The van der Waals surface area contributed by atoms with Gasteiger partial charge in [-0.25, -0.2) is 15.0 Å². The number of furan rings is 2. The molecule has 3 aromatic heterocycles. The van der Waals surface area contributed by atoms with Gasteiger partial charge in [0.2, 0.25) is 0 Å². The highest BCUT2D eigenvalue weighted by atomic mass is 16.3. The number of rotatable bonds is 4. The van der Waals surface area contributed by atoms with Crippen LogP contribution in [0, 0.1) is 0 Å². The molecule has 44 heavy (non-hydrogen) atoms. The van der Waals surface area contributed by atoms with Gasteiger partial charge in [0.05, 0.1) is 5.56 Å². The van der Waals surface area contributed by atoms with E-state index in [1.807, 2.05) is 91.0 Å². The molecular formula is C39H23N3O2. The van der Waals surface area contributed by atoms with Gasteiger partial charge in [0.1, 0.15) is 22.3 Å². The summed E-state index contributed by atoms with van der Waals surface area (Å²) in [5, 5.41) is 4.15. The van der Waals surface area contributed by atoms with Crippen molar-refractivity contribution in [2.75, 3.05) is 0 Å². The number of nitrogens with zero attached hydrogens (tertiary/aromatic N) is 3. The predicted octanol–water partition coefficient (Wildman–Crippen LogP) is 10.3. The molecule has 9 aromatic rings. The van der Waals surface area contributed by atoms with Crippen LogP contribution in [-0.2, 0) is 0 Å². The Morgan fingerprint density at radius 3 is 1.68 bits per heavy atom. The van der Waals surface area contributed by atoms with E-state index in [0.29, 0.717) is 17.5 Å². The molecule has 0 saturated heterocycles. The largest absolute Gasteiger partial charge is 0.456 e. The summed E-state index contributed by atoms with van der Waals surface area (Å²) in [6, 6.07) is 46.9. The number of aromatic nitrogens is 3. The third kappa shape index (κ3) is 3.91. The first-order valence-electron chi connectivity index (χ1n) is 14.5. The first-order valence-corrected chi connectivity index (χ1v) is 14.5. The van der Waals surface area contributed by atoms with E-state index >= 15 is 0 Å². The van der Waals surface area contributed by atoms with Crippen LogP contribution in [0.1, 0.15) is 0 Å². The van der Waals surface area contributed by atoms with Crippen LogP contribution in [0.25, 0.3) is 89.2 Å². The molecule has 6 aromatic carbocycles. The highest BCUT2D eigenvalue weighted by Crippen LogP contribution is 2.40. The summed E-state index contributed by atoms with van der Waals surface area (Å²) < 4.78 is 12.8. The molecule has 3 heterocycles. The van der Waals surface area contributed by atoms with E-state index in [1.165, 1.54) is 0 Å². The van der Waals surface area contributed by atoms with Gasteiger partial charge in [-0.2, -0.15) is 0 Å². The van der Waals surface area contributed by atoms with Gasteiger partial charge < -0.3 is 8.83 Å². The molecule has 0 amide bonds. The molecule has 0 atom stereocenters. The molecule has 9 rings (SSSR count). The Labute approximate surface area is 252 Å². The molecule has 0 aliphatic carbocycles. The third-order valence-corrected chi connectivity index (χ3v) is 8.15. The molecule has 0 unspecified atom stereocenters. The number of fused-ring (bicyclic) bond motifs is 6. The molecule has 0 aliphatic rings. The van der Waals surface area contributed by atoms with E-state index in [4.69, 9.17) is 23.8 Å². The Hall–Kier alpha value is -6.07. The lowest BCUT2D eigenvalue weighted by Gasteiger charge is -2.09. The molecule has 5 heteroatoms. The number of para-hydroxylation sites is 3. The van der Waals surface area contributed by atoms with Crippen LogP contribution in [0.15, 0.2) is 148 Å². The topological polar surface area (TPSA) is 65.0 Å². The third-order valence-electron chi connectivity index (χ3n) is 8.15. The maximum Gasteiger partial charge on any atom is 0.167 e. The van der Waals surface area contributed by atoms with Crippen molar-refractivity contribution < 1.29 is 8.83 Å². The monoisotopic (exact) mass is 565 g/mol. The zero-order valence-electron chi connectivity index (χ0n) is 23.4. The highest BCUT2D eigenvalue weighted by Gasteiger charge is 2.19. The molecule has 0 aliphatic heterocycles. The molecule has 0 bridgehead atoms. The highest BCUT2D eigenvalue weighted by molar-refractivity contribution is 6.12. The molecular weight excluding hydrogens is 542 g/mol. The van der Waals surface area contributed by atoms with Gasteiger partial charge in [-0.1, -0.05) is 109 Å². The Morgan fingerprint density at radius 1 is 0.341 bits per heavy atom. The SMILES string of the molecule is c1ccc(-c2nc(-c3ccc4oc5ccccc5c4c3)nc(-c3cccc4c3oc3c(-c5ccccc5)cccc34)n2)cc1. The van der Waals surface area contributed by atoms with Crippen molar-refractivity contribution in [3.05, 3.63) is 140 Å². The molecule has 0 radical (unpaired) electrons. The van der Waals surface area contributed by atoms with Gasteiger partial charge in [-0.15, -0.1) is 0 Å². The van der Waals surface area contributed by atoms with Gasteiger partial charge in [0, 0.05) is 38.2 Å². The molecule has 0 spiro atoms. The predicted molar refractivity (Wildman–Crippen MR) is 176 cm³/mol. The van der Waals surface area contributed by atoms with Crippen molar-refractivity contribution in [3.8, 4) is 45.3 Å². The van der Waals surface area contributed by atoms with Gasteiger partial charge in [0.15, 0.2) is 17.5 Å². The first kappa shape index (κ1) is 24.5. The van der Waals surface area contributed by atoms with E-state index in [1.54, 1.807) is 0 Å². The molecule has 0 fully saturated rings. The fraction of sp³-hybridized carbons (Fsp3) is 0. The summed E-state index contributed by atoms with van der Waals surface area (Å²) in [5.41, 5.74) is 8.04. The molecule has 206 valence electrons. The van der Waals surface area contributed by atoms with Crippen molar-refractivity contribution in [1.29, 1.82) is 0 Å². The van der Waals surface area contributed by atoms with Crippen molar-refractivity contribution in [3.63, 3.8) is 0 Å². The van der Waals surface area contributed by atoms with E-state index in [2.05, 4.69) is 48.5 Å². The van der Waals surface area contributed by atoms with Crippen LogP contribution in [0.2, 0.25) is 0 Å². The lowest BCUT2D eigenvalue weighted by molar-refractivity contribution is 0.669. The maximum atomic E-state index is 6.70. The van der Waals surface area contributed by atoms with Crippen LogP contribution in [0.5, 0.6) is 0 Å². The number of hydrogen-bond acceptors (Lipinski definition) is 5. The van der Waals surface area contributed by atoms with Crippen LogP contribution < -0.4 is 0 Å². The summed E-state index contributed by atoms with van der Waals surface area (Å²) in [5.74, 6) is 1.73. The van der Waals surface area contributed by atoms with E-state index < -0.39 is 0 Å². The van der Waals surface area contributed by atoms with E-state index in [-0.39, 0.29) is 0 Å². The van der Waals surface area contributed by atoms with Crippen LogP contribution in [0.3, 0.4) is 0 Å². The fourth-order valence-electron chi connectivity index (χ4n) is 6.05. The van der Waals surface area contributed by atoms with Crippen LogP contribution in [0.4, 0.5) is 0 Å². The minimum absolute atomic E-state index is 0.553. The summed E-state index contributed by atoms with van der Waals surface area (Å²) in [6.07, 6.45) is 0. The lowest BCUT2D eigenvalue weighted by Crippen LogP contribution is -2.00. The van der Waals surface area contributed by atoms with Crippen LogP contribution >= 0.6 is 0 Å². The fourth-order valence-corrected chi connectivity index (χ4v) is 6.05. The van der Waals surface area contributed by atoms with E-state index in [9.17, 15) is 0 Å². The second kappa shape index (κ2) is 9.75. The maximum absolute atomic E-state index is 6.70. The van der Waals surface area contributed by atoms with Gasteiger partial charge in [0.25, 0.3) is 0 Å².